The lowest BCUT2D eigenvalue weighted by molar-refractivity contribution is -0.147. The molecule has 0 amide bonds. The van der Waals surface area contributed by atoms with Crippen molar-refractivity contribution < 1.29 is 9.53 Å². The van der Waals surface area contributed by atoms with Crippen molar-refractivity contribution in [1.29, 1.82) is 0 Å². The Balaban J connectivity index is 2.58. The summed E-state index contributed by atoms with van der Waals surface area (Å²) in [5.74, 6) is -0.231. The number of nitrogens with zero attached hydrogens (tertiary/aromatic N) is 1. The lowest BCUT2D eigenvalue weighted by Crippen LogP contribution is -2.38. The lowest BCUT2D eigenvalue weighted by atomic mass is 9.74. The fraction of sp³-hybridized carbons (Fsp3) is 0.538. The average molecular weight is 254 g/mol. The first kappa shape index (κ1) is 12.4. The third-order valence-electron chi connectivity index (χ3n) is 3.51. The Labute approximate surface area is 106 Å². The predicted molar refractivity (Wildman–Crippen MR) is 66.3 cm³/mol. The molecule has 1 aromatic heterocycles. The van der Waals surface area contributed by atoms with E-state index in [1.807, 2.05) is 19.9 Å². The van der Waals surface area contributed by atoms with Crippen LogP contribution in [0.25, 0.3) is 0 Å². The van der Waals surface area contributed by atoms with Crippen LogP contribution in [0.4, 0.5) is 0 Å². The molecule has 17 heavy (non-hydrogen) atoms. The molecular formula is C13H16ClNO2. The first-order chi connectivity index (χ1) is 7.99. The van der Waals surface area contributed by atoms with Gasteiger partial charge in [-0.1, -0.05) is 17.7 Å². The summed E-state index contributed by atoms with van der Waals surface area (Å²) in [5, 5.41) is 0.473. The Morgan fingerprint density at radius 3 is 2.94 bits per heavy atom. The van der Waals surface area contributed by atoms with Crippen molar-refractivity contribution >= 4 is 17.6 Å². The van der Waals surface area contributed by atoms with Gasteiger partial charge in [0.15, 0.2) is 0 Å². The van der Waals surface area contributed by atoms with Crippen molar-refractivity contribution in [2.75, 3.05) is 7.11 Å². The molecule has 1 aliphatic carbocycles. The summed E-state index contributed by atoms with van der Waals surface area (Å²) in [4.78, 5) is 16.3. The normalized spacial score (nSPS) is 23.1. The summed E-state index contributed by atoms with van der Waals surface area (Å²) in [6.45, 7) is 3.81. The molecule has 92 valence electrons. The molecule has 0 N–H and O–H groups in total. The number of fused-ring (bicyclic) bond motifs is 1. The van der Waals surface area contributed by atoms with E-state index in [9.17, 15) is 4.79 Å². The van der Waals surface area contributed by atoms with Gasteiger partial charge in [-0.25, -0.2) is 4.98 Å². The van der Waals surface area contributed by atoms with Gasteiger partial charge in [0.25, 0.3) is 0 Å². The van der Waals surface area contributed by atoms with Crippen molar-refractivity contribution in [2.45, 2.75) is 38.5 Å². The number of carbonyl (C=O) groups is 1. The van der Waals surface area contributed by atoms with Crippen molar-refractivity contribution in [3.63, 3.8) is 0 Å². The van der Waals surface area contributed by atoms with Crippen molar-refractivity contribution in [1.82, 2.24) is 4.98 Å². The molecule has 2 rings (SSSR count). The second-order valence-corrected chi connectivity index (χ2v) is 5.14. The minimum absolute atomic E-state index is 0.231. The van der Waals surface area contributed by atoms with Crippen molar-refractivity contribution in [2.24, 2.45) is 0 Å². The number of rotatable bonds is 1. The Hall–Kier alpha value is -1.09. The number of aromatic nitrogens is 1. The number of pyridine rings is 1. The smallest absolute Gasteiger partial charge is 0.317 e. The summed E-state index contributed by atoms with van der Waals surface area (Å²) in [6, 6.07) is 2.03. The molecule has 1 aromatic rings. The van der Waals surface area contributed by atoms with Gasteiger partial charge in [0.05, 0.1) is 12.8 Å². The number of hydrogen-bond donors (Lipinski definition) is 0. The summed E-state index contributed by atoms with van der Waals surface area (Å²) >= 11 is 6.06. The molecule has 0 aliphatic heterocycles. The Bertz CT molecular complexity index is 473. The van der Waals surface area contributed by atoms with E-state index in [4.69, 9.17) is 16.3 Å². The fourth-order valence-corrected chi connectivity index (χ4v) is 2.63. The van der Waals surface area contributed by atoms with Gasteiger partial charge in [-0.05, 0) is 44.2 Å². The minimum atomic E-state index is -0.653. The Morgan fingerprint density at radius 2 is 2.29 bits per heavy atom. The van der Waals surface area contributed by atoms with Crippen molar-refractivity contribution in [3.05, 3.63) is 28.0 Å². The second kappa shape index (κ2) is 4.30. The van der Waals surface area contributed by atoms with Crippen LogP contribution in [0.15, 0.2) is 6.07 Å². The van der Waals surface area contributed by atoms with Gasteiger partial charge in [-0.3, -0.25) is 4.79 Å². The quantitative estimate of drug-likeness (QED) is 0.571. The second-order valence-electron chi connectivity index (χ2n) is 4.78. The number of hydrogen-bond acceptors (Lipinski definition) is 3. The number of methoxy groups -OCH3 is 1. The van der Waals surface area contributed by atoms with E-state index in [0.717, 1.165) is 36.1 Å². The van der Waals surface area contributed by atoms with E-state index in [2.05, 4.69) is 4.98 Å². The van der Waals surface area contributed by atoms with Crippen LogP contribution in [-0.4, -0.2) is 18.1 Å². The van der Waals surface area contributed by atoms with Crippen LogP contribution in [-0.2, 0) is 21.4 Å². The van der Waals surface area contributed by atoms with Gasteiger partial charge in [0.2, 0.25) is 0 Å². The van der Waals surface area contributed by atoms with Crippen LogP contribution in [0, 0.1) is 6.92 Å². The maximum absolute atomic E-state index is 11.9. The summed E-state index contributed by atoms with van der Waals surface area (Å²) in [5.41, 5.74) is 2.21. The van der Waals surface area contributed by atoms with Gasteiger partial charge >= 0.3 is 5.97 Å². The zero-order chi connectivity index (χ0) is 12.6. The van der Waals surface area contributed by atoms with Gasteiger partial charge in [-0.2, -0.15) is 0 Å². The van der Waals surface area contributed by atoms with Gasteiger partial charge < -0.3 is 4.74 Å². The standard InChI is InChI=1S/C13H16ClNO2/c1-8-7-9-5-4-6-13(2,12(16)17-3)10(9)15-11(8)14/h7H,4-6H2,1-3H3. The van der Waals surface area contributed by atoms with E-state index in [1.54, 1.807) is 0 Å². The van der Waals surface area contributed by atoms with Crippen LogP contribution in [0.3, 0.4) is 0 Å². The third kappa shape index (κ3) is 1.93. The highest BCUT2D eigenvalue weighted by atomic mass is 35.5. The highest BCUT2D eigenvalue weighted by molar-refractivity contribution is 6.30. The monoisotopic (exact) mass is 253 g/mol. The summed E-state index contributed by atoms with van der Waals surface area (Å²) in [6.07, 6.45) is 2.69. The first-order valence-electron chi connectivity index (χ1n) is 5.74. The summed E-state index contributed by atoms with van der Waals surface area (Å²) < 4.78 is 4.90. The fourth-order valence-electron chi connectivity index (χ4n) is 2.49. The molecule has 0 saturated heterocycles. The van der Waals surface area contributed by atoms with Crippen LogP contribution < -0.4 is 0 Å². The molecule has 0 radical (unpaired) electrons. The maximum Gasteiger partial charge on any atom is 0.317 e. The molecule has 0 bridgehead atoms. The highest BCUT2D eigenvalue weighted by Crippen LogP contribution is 2.38. The zero-order valence-electron chi connectivity index (χ0n) is 10.3. The third-order valence-corrected chi connectivity index (χ3v) is 3.89. The molecule has 1 unspecified atom stereocenters. The van der Waals surface area contributed by atoms with Crippen LogP contribution in [0.1, 0.15) is 36.6 Å². The first-order valence-corrected chi connectivity index (χ1v) is 6.12. The van der Waals surface area contributed by atoms with Gasteiger partial charge in [0, 0.05) is 0 Å². The molecule has 0 aromatic carbocycles. The molecule has 3 nitrogen and oxygen atoms in total. The molecule has 0 spiro atoms. The van der Waals surface area contributed by atoms with Gasteiger partial charge in [-0.15, -0.1) is 0 Å². The number of ether oxygens (including phenoxy) is 1. The Kier molecular flexibility index (Phi) is 3.13. The molecule has 4 heteroatoms. The largest absolute Gasteiger partial charge is 0.468 e. The van der Waals surface area contributed by atoms with Crippen LogP contribution >= 0.6 is 11.6 Å². The molecule has 0 saturated carbocycles. The lowest BCUT2D eigenvalue weighted by Gasteiger charge is -2.32. The van der Waals surface area contributed by atoms with E-state index >= 15 is 0 Å². The molecule has 1 heterocycles. The van der Waals surface area contributed by atoms with Gasteiger partial charge in [0.1, 0.15) is 10.6 Å². The number of esters is 1. The zero-order valence-corrected chi connectivity index (χ0v) is 11.1. The average Bonchev–Trinajstić information content (AvgIpc) is 2.31. The number of carbonyl (C=O) groups excluding carboxylic acids is 1. The molecule has 1 atom stereocenters. The van der Waals surface area contributed by atoms with E-state index in [0.29, 0.717) is 5.15 Å². The minimum Gasteiger partial charge on any atom is -0.468 e. The topological polar surface area (TPSA) is 39.2 Å². The molecular weight excluding hydrogens is 238 g/mol. The molecule has 1 aliphatic rings. The van der Waals surface area contributed by atoms with Crippen LogP contribution in [0.2, 0.25) is 5.15 Å². The SMILES string of the molecule is COC(=O)C1(C)CCCc2cc(C)c(Cl)nc21. The van der Waals surface area contributed by atoms with Crippen LogP contribution in [0.5, 0.6) is 0 Å². The van der Waals surface area contributed by atoms with E-state index in [-0.39, 0.29) is 5.97 Å². The number of aryl methyl sites for hydroxylation is 2. The number of halogens is 1. The van der Waals surface area contributed by atoms with Crippen molar-refractivity contribution in [3.8, 4) is 0 Å². The highest BCUT2D eigenvalue weighted by Gasteiger charge is 2.41. The summed E-state index contributed by atoms with van der Waals surface area (Å²) in [7, 11) is 1.41. The Morgan fingerprint density at radius 1 is 1.59 bits per heavy atom. The van der Waals surface area contributed by atoms with E-state index < -0.39 is 5.41 Å². The maximum atomic E-state index is 11.9. The predicted octanol–water partition coefficient (Wildman–Crippen LogP) is 2.81. The molecule has 0 fully saturated rings. The van der Waals surface area contributed by atoms with E-state index in [1.165, 1.54) is 7.11 Å².